The van der Waals surface area contributed by atoms with Gasteiger partial charge in [0, 0.05) is 44.5 Å². The summed E-state index contributed by atoms with van der Waals surface area (Å²) in [6.07, 6.45) is 3.28. The number of methoxy groups -OCH3 is 1. The number of cyclic esters (lactones) is 1. The number of aliphatic hydroxyl groups excluding tert-OH is 3. The fourth-order valence-corrected chi connectivity index (χ4v) is 18.8. The zero-order chi connectivity index (χ0) is 56.8. The van der Waals surface area contributed by atoms with E-state index >= 15 is 0 Å². The smallest absolute Gasteiger partial charge is 0.309 e. The number of esters is 1. The molecular formula is C64H100N2O11P+. The average Bonchev–Trinajstić information content (AvgIpc) is 3.73. The van der Waals surface area contributed by atoms with Crippen LogP contribution in [-0.2, 0) is 28.5 Å². The van der Waals surface area contributed by atoms with Crippen LogP contribution in [0.2, 0.25) is 0 Å². The number of unbranched alkanes of at least 4 members (excludes halogenated alkanes) is 6. The van der Waals surface area contributed by atoms with Gasteiger partial charge in [-0.15, -0.1) is 0 Å². The summed E-state index contributed by atoms with van der Waals surface area (Å²) in [5, 5.41) is 65.5. The number of carbonyl (C=O) groups is 1. The number of fused-ring (bicyclic) bond motifs is 1. The number of carbonyl (C=O) groups excluding carboxylic acids is 1. The average molecular weight is 1100 g/mol. The van der Waals surface area contributed by atoms with Crippen molar-refractivity contribution in [1.82, 2.24) is 9.80 Å². The molecule has 4 fully saturated rings. The van der Waals surface area contributed by atoms with Crippen LogP contribution in [0.15, 0.2) is 91.0 Å². The second kappa shape index (κ2) is 26.6. The number of aliphatic hydroxyl groups is 5. The van der Waals surface area contributed by atoms with E-state index in [2.05, 4.69) is 103 Å². The molecule has 4 aliphatic rings. The largest absolute Gasteiger partial charge is 0.459 e. The Labute approximate surface area is 469 Å². The van der Waals surface area contributed by atoms with Gasteiger partial charge in [0.25, 0.3) is 0 Å². The number of hydrogen-bond acceptors (Lipinski definition) is 13. The van der Waals surface area contributed by atoms with Crippen molar-refractivity contribution >= 4 is 29.1 Å². The SMILES string of the molecule is CC[C@H]1OC(=O)[C@H](C)[C@@H](C2C[C@@](C)(OC)[C@@H](O)[C@H](C)O2)[C@H](C)C2(O[C@@H]3O[C@H](C)C[C@H](N(C)C)[C@H]3O)C[C@@]2(O)C[C@@H](C)CN(CCCCCCCCC[P+](c2ccccc2)(c2ccccc2)c2ccccc2)[C@H](C)[C@@H](O)[C@]1(C)O. The predicted octanol–water partition coefficient (Wildman–Crippen LogP) is 8.02. The highest BCUT2D eigenvalue weighted by Gasteiger charge is 2.74. The number of ether oxygens (including phenoxy) is 5. The Hall–Kier alpha value is -2.88. The number of nitrogens with zero attached hydrogens (tertiary/aromatic N) is 2. The molecule has 3 aromatic rings. The van der Waals surface area contributed by atoms with Gasteiger partial charge in [-0.3, -0.25) is 9.69 Å². The summed E-state index contributed by atoms with van der Waals surface area (Å²) in [4.78, 5) is 19.1. The van der Waals surface area contributed by atoms with Gasteiger partial charge in [0.15, 0.2) is 6.29 Å². The molecule has 0 aromatic heterocycles. The van der Waals surface area contributed by atoms with Gasteiger partial charge in [-0.1, -0.05) is 108 Å². The maximum absolute atomic E-state index is 14.9. The zero-order valence-corrected chi connectivity index (χ0v) is 50.3. The molecule has 14 heteroatoms. The molecule has 3 saturated heterocycles. The molecule has 18 atom stereocenters. The van der Waals surface area contributed by atoms with E-state index < -0.39 is 102 Å². The molecule has 13 nitrogen and oxygen atoms in total. The van der Waals surface area contributed by atoms with E-state index in [-0.39, 0.29) is 37.3 Å². The summed E-state index contributed by atoms with van der Waals surface area (Å²) in [7, 11) is 3.55. The van der Waals surface area contributed by atoms with Crippen LogP contribution < -0.4 is 15.9 Å². The number of rotatable bonds is 19. The van der Waals surface area contributed by atoms with Crippen LogP contribution in [0.3, 0.4) is 0 Å². The summed E-state index contributed by atoms with van der Waals surface area (Å²) in [5.41, 5.74) is -5.55. The third-order valence-electron chi connectivity index (χ3n) is 19.2. The minimum absolute atomic E-state index is 0.116. The lowest BCUT2D eigenvalue weighted by Gasteiger charge is -2.50. The van der Waals surface area contributed by atoms with E-state index in [4.69, 9.17) is 23.7 Å². The molecule has 3 aliphatic heterocycles. The Morgan fingerprint density at radius 1 is 0.744 bits per heavy atom. The first-order valence-corrected chi connectivity index (χ1v) is 31.7. The molecule has 7 rings (SSSR count). The quantitative estimate of drug-likeness (QED) is 0.0445. The van der Waals surface area contributed by atoms with E-state index in [9.17, 15) is 30.3 Å². The van der Waals surface area contributed by atoms with Gasteiger partial charge in [0.05, 0.1) is 41.6 Å². The van der Waals surface area contributed by atoms with Gasteiger partial charge in [-0.05, 0) is 142 Å². The van der Waals surface area contributed by atoms with Crippen LogP contribution >= 0.6 is 7.26 Å². The number of benzene rings is 3. The van der Waals surface area contributed by atoms with Gasteiger partial charge in [-0.2, -0.15) is 0 Å². The molecule has 0 radical (unpaired) electrons. The van der Waals surface area contributed by atoms with Crippen molar-refractivity contribution in [3.8, 4) is 0 Å². The summed E-state index contributed by atoms with van der Waals surface area (Å²) in [6.45, 7) is 18.0. The van der Waals surface area contributed by atoms with E-state index in [0.29, 0.717) is 25.9 Å². The standard InChI is InChI=1S/C64H100N2O11P/c1-13-54-62(9,71)57(68)47(6)66(36-28-17-15-14-16-18-29-37-78(49-30-22-19-23-31-49,50-32-24-20-25-33-50)51-34-26-21-27-35-51)41-43(2)39-63(72)42-64(63,77-60-56(67)52(65(10)11)38-44(3)74-60)46(5)55(45(4)59(70)76-54)53-40-61(8,73-12)58(69)48(7)75-53/h19-27,30-35,43-48,52-58,60,67-69,71-72H,13-18,28-29,36-42H2,1-12H3/q+1/t43-,44-,45-,46+,47-,48+,52+,53?,54-,55-,56-,57-,58+,60+,61-,62-,63+,64?/m1/s1. The van der Waals surface area contributed by atoms with Crippen LogP contribution in [0.4, 0.5) is 0 Å². The first kappa shape index (κ1) is 62.7. The Balaban J connectivity index is 1.10. The van der Waals surface area contributed by atoms with Gasteiger partial charge in [0.2, 0.25) is 0 Å². The Morgan fingerprint density at radius 3 is 1.81 bits per heavy atom. The van der Waals surface area contributed by atoms with Crippen LogP contribution in [0.5, 0.6) is 0 Å². The highest BCUT2D eigenvalue weighted by atomic mass is 31.2. The highest BCUT2D eigenvalue weighted by Crippen LogP contribution is 2.63. The van der Waals surface area contributed by atoms with Crippen molar-refractivity contribution in [2.24, 2.45) is 23.7 Å². The lowest BCUT2D eigenvalue weighted by atomic mass is 9.70. The second-order valence-electron chi connectivity index (χ2n) is 25.1. The molecular weight excluding hydrogens is 1000 g/mol. The number of likely N-dealkylation sites (N-methyl/N-ethyl adjacent to an activating group) is 1. The Morgan fingerprint density at radius 2 is 1.28 bits per heavy atom. The lowest BCUT2D eigenvalue weighted by Crippen LogP contribution is -2.61. The Bertz CT molecular complexity index is 2220. The number of hydrogen-bond donors (Lipinski definition) is 5. The second-order valence-corrected chi connectivity index (χ2v) is 28.7. The molecule has 78 heavy (non-hydrogen) atoms. The highest BCUT2D eigenvalue weighted by molar-refractivity contribution is 7.95. The maximum atomic E-state index is 14.9. The van der Waals surface area contributed by atoms with Crippen molar-refractivity contribution in [2.45, 2.75) is 223 Å². The summed E-state index contributed by atoms with van der Waals surface area (Å²) in [5.74, 6) is -2.84. The maximum Gasteiger partial charge on any atom is 0.309 e. The summed E-state index contributed by atoms with van der Waals surface area (Å²) >= 11 is 0. The molecule has 2 unspecified atom stereocenters. The van der Waals surface area contributed by atoms with Crippen molar-refractivity contribution < 1.29 is 54.0 Å². The van der Waals surface area contributed by atoms with Crippen molar-refractivity contribution in [3.05, 3.63) is 91.0 Å². The Kier molecular flexibility index (Phi) is 21.4. The van der Waals surface area contributed by atoms with Crippen molar-refractivity contribution in [2.75, 3.05) is 40.5 Å². The minimum Gasteiger partial charge on any atom is -0.459 e. The molecule has 1 aliphatic carbocycles. The third kappa shape index (κ3) is 13.3. The fourth-order valence-electron chi connectivity index (χ4n) is 14.4. The van der Waals surface area contributed by atoms with Gasteiger partial charge >= 0.3 is 5.97 Å². The van der Waals surface area contributed by atoms with E-state index in [0.717, 1.165) is 51.1 Å². The lowest BCUT2D eigenvalue weighted by molar-refractivity contribution is -0.296. The summed E-state index contributed by atoms with van der Waals surface area (Å²) in [6, 6.07) is 32.5. The van der Waals surface area contributed by atoms with Crippen LogP contribution in [0.25, 0.3) is 0 Å². The fraction of sp³-hybridized carbons (Fsp3) is 0.703. The molecule has 0 bridgehead atoms. The van der Waals surface area contributed by atoms with Gasteiger partial charge < -0.3 is 54.1 Å². The van der Waals surface area contributed by atoms with Crippen LogP contribution in [0, 0.1) is 23.7 Å². The molecule has 0 spiro atoms. The molecule has 5 N–H and O–H groups in total. The van der Waals surface area contributed by atoms with Crippen LogP contribution in [-0.4, -0.2) is 165 Å². The minimum atomic E-state index is -1.87. The van der Waals surface area contributed by atoms with Gasteiger partial charge in [-0.25, -0.2) is 0 Å². The molecule has 3 aromatic carbocycles. The van der Waals surface area contributed by atoms with E-state index in [1.807, 2.05) is 53.6 Å². The first-order valence-electron chi connectivity index (χ1n) is 29.7. The topological polar surface area (TPSA) is 171 Å². The van der Waals surface area contributed by atoms with Crippen LogP contribution in [0.1, 0.15) is 139 Å². The normalized spacial score (nSPS) is 38.5. The van der Waals surface area contributed by atoms with Gasteiger partial charge in [0.1, 0.15) is 58.8 Å². The van der Waals surface area contributed by atoms with Crippen molar-refractivity contribution in [3.63, 3.8) is 0 Å². The zero-order valence-electron chi connectivity index (χ0n) is 49.4. The molecule has 1 saturated carbocycles. The molecule has 0 amide bonds. The monoisotopic (exact) mass is 1100 g/mol. The van der Waals surface area contributed by atoms with Crippen molar-refractivity contribution in [1.29, 1.82) is 0 Å². The first-order chi connectivity index (χ1) is 37.0. The summed E-state index contributed by atoms with van der Waals surface area (Å²) < 4.78 is 32.6. The predicted molar refractivity (Wildman–Crippen MR) is 312 cm³/mol. The molecule has 436 valence electrons. The third-order valence-corrected chi connectivity index (χ3v) is 23.7. The molecule has 3 heterocycles. The van der Waals surface area contributed by atoms with E-state index in [1.54, 1.807) is 27.9 Å². The van der Waals surface area contributed by atoms with E-state index in [1.165, 1.54) is 15.9 Å².